The number of hydrogen-bond donors (Lipinski definition) is 22. The van der Waals surface area contributed by atoms with Gasteiger partial charge in [-0.1, -0.05) is 0 Å². The summed E-state index contributed by atoms with van der Waals surface area (Å²) in [6.07, 6.45) is -1.21. The first kappa shape index (κ1) is 96.9. The SMILES string of the molecule is CN.CN.CN.CN.CN.CN.CN.CN.CN.CN.CN.CN.NNCCC(=O)NN.NNCCC(=O)NN.O=C(O)O. The maximum Gasteiger partial charge on any atom is 0.503 e. The molecule has 2 amide bonds. The second-order valence-corrected chi connectivity index (χ2v) is 2.83. The number of nitrogens with one attached hydrogen (secondary N) is 4. The van der Waals surface area contributed by atoms with Crippen molar-refractivity contribution in [2.24, 2.45) is 92.2 Å². The van der Waals surface area contributed by atoms with Crippen LogP contribution in [0.25, 0.3) is 0 Å². The van der Waals surface area contributed by atoms with E-state index in [1.807, 2.05) is 10.9 Å². The van der Waals surface area contributed by atoms with Crippen molar-refractivity contribution in [1.29, 1.82) is 0 Å². The number of hydrogen-bond acceptors (Lipinski definition) is 21. The van der Waals surface area contributed by atoms with Gasteiger partial charge < -0.3 is 79.0 Å². The van der Waals surface area contributed by atoms with Crippen molar-refractivity contribution in [2.45, 2.75) is 12.8 Å². The van der Waals surface area contributed by atoms with Gasteiger partial charge in [-0.05, 0) is 84.6 Å². The topological polar surface area (TPSA) is 556 Å². The van der Waals surface area contributed by atoms with Crippen molar-refractivity contribution >= 4 is 18.0 Å². The maximum atomic E-state index is 10.2. The summed E-state index contributed by atoms with van der Waals surface area (Å²) < 4.78 is 0. The van der Waals surface area contributed by atoms with Gasteiger partial charge in [0.2, 0.25) is 11.8 Å². The maximum absolute atomic E-state index is 10.2. The Bertz CT molecular complexity index is 270. The van der Waals surface area contributed by atoms with Gasteiger partial charge in [0.25, 0.3) is 0 Å². The van der Waals surface area contributed by atoms with Crippen LogP contribution in [0.2, 0.25) is 0 Å². The number of amides is 2. The number of rotatable bonds is 6. The van der Waals surface area contributed by atoms with Gasteiger partial charge in [-0.2, -0.15) is 0 Å². The molecule has 0 aliphatic carbocycles. The van der Waals surface area contributed by atoms with Gasteiger partial charge >= 0.3 is 6.16 Å². The van der Waals surface area contributed by atoms with Crippen molar-refractivity contribution in [3.05, 3.63) is 0 Å². The van der Waals surface area contributed by atoms with E-state index in [2.05, 4.69) is 79.7 Å². The Balaban J connectivity index is -0.0000000167. The van der Waals surface area contributed by atoms with Crippen LogP contribution in [0.15, 0.2) is 0 Å². The van der Waals surface area contributed by atoms with E-state index in [9.17, 15) is 9.59 Å². The van der Waals surface area contributed by atoms with E-state index in [0.29, 0.717) is 25.9 Å². The first-order valence-corrected chi connectivity index (χ1v) is 12.1. The highest BCUT2D eigenvalue weighted by Gasteiger charge is 1.93. The predicted molar refractivity (Wildman–Crippen MR) is 190 cm³/mol. The zero-order valence-corrected chi connectivity index (χ0v) is 29.7. The molecule has 44 heavy (non-hydrogen) atoms. The molecule has 0 aromatic carbocycles. The molecule has 0 heterocycles. The number of carbonyl (C=O) groups is 3. The largest absolute Gasteiger partial charge is 0.503 e. The van der Waals surface area contributed by atoms with E-state index >= 15 is 0 Å². The smallest absolute Gasteiger partial charge is 0.450 e. The third-order valence-electron chi connectivity index (χ3n) is 1.31. The van der Waals surface area contributed by atoms with Gasteiger partial charge in [0.05, 0.1) is 0 Å². The van der Waals surface area contributed by atoms with Gasteiger partial charge in [0, 0.05) is 25.9 Å². The molecule has 288 valence electrons. The van der Waals surface area contributed by atoms with Crippen LogP contribution in [-0.4, -0.2) is 126 Å². The molecular weight excluding hydrogens is 588 g/mol. The molecule has 25 heteroatoms. The lowest BCUT2D eigenvalue weighted by Gasteiger charge is -1.95. The van der Waals surface area contributed by atoms with Crippen LogP contribution in [0, 0.1) is 0 Å². The summed E-state index contributed by atoms with van der Waals surface area (Å²) in [5, 5.41) is 13.9. The monoisotopic (exact) mass is 671 g/mol. The highest BCUT2D eigenvalue weighted by atomic mass is 16.6. The summed E-state index contributed by atoms with van der Waals surface area (Å²) in [4.78, 5) is 29.0. The number of nitrogens with two attached hydrogens (primary N) is 16. The Hall–Kier alpha value is -2.51. The Morgan fingerprint density at radius 1 is 0.386 bits per heavy atom. The lowest BCUT2D eigenvalue weighted by Crippen LogP contribution is -2.34. The first-order chi connectivity index (χ1) is 21.3. The summed E-state index contributed by atoms with van der Waals surface area (Å²) in [5.41, 5.74) is 62.6. The molecule has 0 aromatic rings. The third kappa shape index (κ3) is 650. The fraction of sp³-hybridized carbons (Fsp3) is 0.842. The van der Waals surface area contributed by atoms with E-state index in [4.69, 9.17) is 38.4 Å². The zero-order chi connectivity index (χ0) is 40.4. The number of hydrazine groups is 4. The van der Waals surface area contributed by atoms with Crippen LogP contribution in [0.1, 0.15) is 12.8 Å². The molecule has 0 bridgehead atoms. The Kier molecular flexibility index (Phi) is 663. The summed E-state index contributed by atoms with van der Waals surface area (Å²) in [5.74, 6) is 18.8. The van der Waals surface area contributed by atoms with Gasteiger partial charge in [0.15, 0.2) is 0 Å². The molecule has 0 atom stereocenters. The number of carboxylic acid groups (broad SMARTS) is 2. The highest BCUT2D eigenvalue weighted by molar-refractivity contribution is 5.75. The van der Waals surface area contributed by atoms with Gasteiger partial charge in [-0.3, -0.25) is 43.0 Å². The van der Waals surface area contributed by atoms with E-state index in [1.54, 1.807) is 0 Å². The standard InChI is InChI=1S/2C3H10N4O.12CH5N.CH2O3/c2*4-6-2-1-3(8)7-5;12*1-2;2-1(3)4/h2*6H,1-2,4-5H2,(H,7,8);12*2H2,1H3;(H2,2,3,4). The summed E-state index contributed by atoms with van der Waals surface area (Å²) in [6.45, 7) is 0.895. The van der Waals surface area contributed by atoms with Crippen LogP contribution in [0.5, 0.6) is 0 Å². The third-order valence-corrected chi connectivity index (χ3v) is 1.31. The van der Waals surface area contributed by atoms with Crippen LogP contribution >= 0.6 is 0 Å². The molecule has 25 nitrogen and oxygen atoms in total. The van der Waals surface area contributed by atoms with E-state index in [0.717, 1.165) is 0 Å². The zero-order valence-electron chi connectivity index (χ0n) is 29.7. The molecule has 38 N–H and O–H groups in total. The minimum atomic E-state index is -1.83. The van der Waals surface area contributed by atoms with E-state index in [1.165, 1.54) is 84.6 Å². The van der Waals surface area contributed by atoms with Crippen molar-refractivity contribution < 1.29 is 24.6 Å². The Labute approximate surface area is 267 Å². The normalized spacial score (nSPS) is 5.36. The summed E-state index contributed by atoms with van der Waals surface area (Å²) in [7, 11) is 18.0. The average Bonchev–Trinajstić information content (AvgIpc) is 3.16. The molecule has 0 unspecified atom stereocenters. The molecule has 0 fully saturated rings. The lowest BCUT2D eigenvalue weighted by atomic mass is 10.4. The Morgan fingerprint density at radius 2 is 0.500 bits per heavy atom. The summed E-state index contributed by atoms with van der Waals surface area (Å²) in [6, 6.07) is 0. The Morgan fingerprint density at radius 3 is 0.568 bits per heavy atom. The summed E-state index contributed by atoms with van der Waals surface area (Å²) >= 11 is 0. The van der Waals surface area contributed by atoms with E-state index in [-0.39, 0.29) is 11.8 Å². The average molecular weight is 671 g/mol. The molecular formula is C19H82N20O5. The van der Waals surface area contributed by atoms with Crippen molar-refractivity contribution in [1.82, 2.24) is 21.7 Å². The minimum absolute atomic E-state index is 0.219. The molecule has 0 saturated carbocycles. The molecule has 0 saturated heterocycles. The van der Waals surface area contributed by atoms with Gasteiger partial charge in [0.1, 0.15) is 0 Å². The van der Waals surface area contributed by atoms with Gasteiger partial charge in [-0.25, -0.2) is 16.5 Å². The first-order valence-electron chi connectivity index (χ1n) is 12.1. The molecule has 0 aliphatic heterocycles. The molecule has 0 aromatic heterocycles. The number of carbonyl (C=O) groups excluding carboxylic acids is 2. The molecule has 0 radical (unpaired) electrons. The van der Waals surface area contributed by atoms with Crippen LogP contribution in [-0.2, 0) is 9.59 Å². The van der Waals surface area contributed by atoms with Crippen LogP contribution in [0.4, 0.5) is 4.79 Å². The molecule has 0 spiro atoms. The van der Waals surface area contributed by atoms with Gasteiger partial charge in [-0.15, -0.1) is 0 Å². The molecule has 0 aliphatic rings. The van der Waals surface area contributed by atoms with Crippen LogP contribution in [0.3, 0.4) is 0 Å². The second-order valence-electron chi connectivity index (χ2n) is 2.83. The quantitative estimate of drug-likeness (QED) is 0.0708. The van der Waals surface area contributed by atoms with Crippen molar-refractivity contribution in [3.63, 3.8) is 0 Å². The second kappa shape index (κ2) is 301. The van der Waals surface area contributed by atoms with Crippen molar-refractivity contribution in [2.75, 3.05) is 97.7 Å². The highest BCUT2D eigenvalue weighted by Crippen LogP contribution is 1.70. The lowest BCUT2D eigenvalue weighted by molar-refractivity contribution is -0.121. The predicted octanol–water partition coefficient (Wildman–Crippen LogP) is -9.22. The molecule has 0 rings (SSSR count). The fourth-order valence-electron chi connectivity index (χ4n) is 0.516. The fourth-order valence-corrected chi connectivity index (χ4v) is 0.516. The minimum Gasteiger partial charge on any atom is -0.450 e. The van der Waals surface area contributed by atoms with E-state index < -0.39 is 6.16 Å². The van der Waals surface area contributed by atoms with Crippen LogP contribution < -0.4 is 114 Å². The van der Waals surface area contributed by atoms with Crippen molar-refractivity contribution in [3.8, 4) is 0 Å².